The molecule has 3 aromatic rings. The molecule has 0 atom stereocenters. The summed E-state index contributed by atoms with van der Waals surface area (Å²) in [6.45, 7) is 2.38. The molecule has 9 heteroatoms. The van der Waals surface area contributed by atoms with Gasteiger partial charge in [0.25, 0.3) is 10.0 Å². The predicted molar refractivity (Wildman–Crippen MR) is 125 cm³/mol. The molecule has 0 aliphatic heterocycles. The number of methoxy groups -OCH3 is 1. The number of carbonyl (C=O) groups excluding carboxylic acids is 1. The zero-order valence-corrected chi connectivity index (χ0v) is 19.2. The van der Waals surface area contributed by atoms with Crippen LogP contribution in [-0.2, 0) is 21.2 Å². The van der Waals surface area contributed by atoms with Gasteiger partial charge in [-0.1, -0.05) is 29.8 Å². The number of ether oxygens (including phenoxy) is 2. The first kappa shape index (κ1) is 23.4. The lowest BCUT2D eigenvalue weighted by atomic mass is 10.1. The van der Waals surface area contributed by atoms with Gasteiger partial charge in [0.15, 0.2) is 0 Å². The highest BCUT2D eigenvalue weighted by atomic mass is 35.5. The third kappa shape index (κ3) is 5.93. The van der Waals surface area contributed by atoms with Gasteiger partial charge in [-0.3, -0.25) is 9.52 Å². The number of hydrogen-bond donors (Lipinski definition) is 2. The van der Waals surface area contributed by atoms with Crippen molar-refractivity contribution in [1.29, 1.82) is 0 Å². The number of anilines is 2. The number of halogens is 1. The number of amides is 1. The van der Waals surface area contributed by atoms with Gasteiger partial charge in [0.1, 0.15) is 16.4 Å². The smallest absolute Gasteiger partial charge is 0.265 e. The first-order valence-electron chi connectivity index (χ1n) is 9.79. The average molecular weight is 475 g/mol. The van der Waals surface area contributed by atoms with Crippen LogP contribution in [0.25, 0.3) is 0 Å². The number of hydrogen-bond acceptors (Lipinski definition) is 5. The van der Waals surface area contributed by atoms with E-state index in [1.165, 1.54) is 19.2 Å². The fraction of sp³-hybridized carbons (Fsp3) is 0.174. The fourth-order valence-electron chi connectivity index (χ4n) is 2.98. The van der Waals surface area contributed by atoms with Gasteiger partial charge >= 0.3 is 0 Å². The van der Waals surface area contributed by atoms with Crippen LogP contribution in [0, 0.1) is 0 Å². The minimum absolute atomic E-state index is 0.0538. The van der Waals surface area contributed by atoms with Crippen LogP contribution in [0.2, 0.25) is 5.02 Å². The quantitative estimate of drug-likeness (QED) is 0.467. The average Bonchev–Trinajstić information content (AvgIpc) is 2.77. The Labute approximate surface area is 192 Å². The maximum absolute atomic E-state index is 13.0. The van der Waals surface area contributed by atoms with Crippen LogP contribution in [-0.4, -0.2) is 28.0 Å². The predicted octanol–water partition coefficient (Wildman–Crippen LogP) is 4.73. The third-order valence-corrected chi connectivity index (χ3v) is 6.23. The van der Waals surface area contributed by atoms with Crippen LogP contribution in [0.4, 0.5) is 11.4 Å². The summed E-state index contributed by atoms with van der Waals surface area (Å²) in [5, 5.41) is 3.19. The van der Waals surface area contributed by atoms with E-state index in [4.69, 9.17) is 21.1 Å². The van der Waals surface area contributed by atoms with Crippen LogP contribution in [0.1, 0.15) is 12.5 Å². The molecule has 0 unspecified atom stereocenters. The Bertz CT molecular complexity index is 1200. The molecule has 0 aliphatic carbocycles. The lowest BCUT2D eigenvalue weighted by molar-refractivity contribution is -0.115. The molecule has 0 fully saturated rings. The Hall–Kier alpha value is -3.23. The van der Waals surface area contributed by atoms with Gasteiger partial charge in [-0.05, 0) is 61.0 Å². The molecule has 3 aromatic carbocycles. The standard InChI is InChI=1S/C23H23ClN2O5S/c1-3-31-19-11-8-17(9-12-19)26-32(28,29)22-15-18(10-13-21(22)30-2)25-23(27)14-16-6-4-5-7-20(16)24/h4-13,15,26H,3,14H2,1-2H3,(H,25,27). The molecule has 0 saturated carbocycles. The van der Waals surface area contributed by atoms with Gasteiger partial charge in [0.05, 0.1) is 20.1 Å². The van der Waals surface area contributed by atoms with Gasteiger partial charge in [0.2, 0.25) is 5.91 Å². The SMILES string of the molecule is CCOc1ccc(NS(=O)(=O)c2cc(NC(=O)Cc3ccccc3Cl)ccc2OC)cc1. The van der Waals surface area contributed by atoms with E-state index in [1.54, 1.807) is 54.6 Å². The molecular weight excluding hydrogens is 452 g/mol. The molecule has 1 amide bonds. The molecule has 32 heavy (non-hydrogen) atoms. The van der Waals surface area contributed by atoms with Crippen LogP contribution in [0.5, 0.6) is 11.5 Å². The van der Waals surface area contributed by atoms with E-state index >= 15 is 0 Å². The molecule has 0 saturated heterocycles. The van der Waals surface area contributed by atoms with Crippen LogP contribution in [0.15, 0.2) is 71.6 Å². The largest absolute Gasteiger partial charge is 0.495 e. The Morgan fingerprint density at radius 1 is 1.00 bits per heavy atom. The molecule has 168 valence electrons. The molecule has 2 N–H and O–H groups in total. The number of sulfonamides is 1. The molecule has 0 radical (unpaired) electrons. The molecule has 0 bridgehead atoms. The molecule has 0 aromatic heterocycles. The second-order valence-electron chi connectivity index (χ2n) is 6.74. The topological polar surface area (TPSA) is 93.7 Å². The number of rotatable bonds is 9. The molecule has 0 heterocycles. The van der Waals surface area contributed by atoms with Crippen molar-refractivity contribution in [3.63, 3.8) is 0 Å². The highest BCUT2D eigenvalue weighted by molar-refractivity contribution is 7.92. The number of nitrogens with one attached hydrogen (secondary N) is 2. The first-order chi connectivity index (χ1) is 15.3. The summed E-state index contributed by atoms with van der Waals surface area (Å²) < 4.78 is 39.1. The van der Waals surface area contributed by atoms with E-state index in [0.717, 1.165) is 0 Å². The van der Waals surface area contributed by atoms with Gasteiger partial charge < -0.3 is 14.8 Å². The van der Waals surface area contributed by atoms with Crippen LogP contribution in [0.3, 0.4) is 0 Å². The van der Waals surface area contributed by atoms with Crippen molar-refractivity contribution < 1.29 is 22.7 Å². The minimum atomic E-state index is -3.99. The van der Waals surface area contributed by atoms with Gasteiger partial charge in [-0.25, -0.2) is 8.42 Å². The first-order valence-corrected chi connectivity index (χ1v) is 11.7. The van der Waals surface area contributed by atoms with Crippen molar-refractivity contribution in [3.05, 3.63) is 77.3 Å². The third-order valence-electron chi connectivity index (χ3n) is 4.46. The Balaban J connectivity index is 1.80. The highest BCUT2D eigenvalue weighted by Gasteiger charge is 2.21. The lowest BCUT2D eigenvalue weighted by Crippen LogP contribution is -2.17. The summed E-state index contributed by atoms with van der Waals surface area (Å²) in [7, 11) is -2.62. The van der Waals surface area contributed by atoms with Crippen LogP contribution < -0.4 is 19.5 Å². The summed E-state index contributed by atoms with van der Waals surface area (Å²) in [6.07, 6.45) is 0.0538. The van der Waals surface area contributed by atoms with Crippen molar-refractivity contribution >= 4 is 38.9 Å². The van der Waals surface area contributed by atoms with E-state index in [2.05, 4.69) is 10.0 Å². The monoisotopic (exact) mass is 474 g/mol. The second-order valence-corrected chi connectivity index (χ2v) is 8.80. The Morgan fingerprint density at radius 3 is 2.34 bits per heavy atom. The minimum Gasteiger partial charge on any atom is -0.495 e. The normalized spacial score (nSPS) is 11.0. The van der Waals surface area contributed by atoms with Crippen molar-refractivity contribution in [2.75, 3.05) is 23.8 Å². The van der Waals surface area contributed by atoms with E-state index < -0.39 is 10.0 Å². The zero-order chi connectivity index (χ0) is 23.1. The number of carbonyl (C=O) groups is 1. The van der Waals surface area contributed by atoms with Crippen molar-refractivity contribution in [3.8, 4) is 11.5 Å². The maximum atomic E-state index is 13.0. The summed E-state index contributed by atoms with van der Waals surface area (Å²) in [6, 6.07) is 18.0. The Kier molecular flexibility index (Phi) is 7.61. The Morgan fingerprint density at radius 2 is 1.69 bits per heavy atom. The number of benzene rings is 3. The molecule has 0 aliphatic rings. The van der Waals surface area contributed by atoms with Crippen molar-refractivity contribution in [2.45, 2.75) is 18.2 Å². The van der Waals surface area contributed by atoms with E-state index in [0.29, 0.717) is 34.3 Å². The van der Waals surface area contributed by atoms with Gasteiger partial charge in [-0.2, -0.15) is 0 Å². The van der Waals surface area contributed by atoms with Crippen LogP contribution >= 0.6 is 11.6 Å². The van der Waals surface area contributed by atoms with E-state index in [-0.39, 0.29) is 23.0 Å². The highest BCUT2D eigenvalue weighted by Crippen LogP contribution is 2.29. The van der Waals surface area contributed by atoms with Gasteiger partial charge in [-0.15, -0.1) is 0 Å². The summed E-state index contributed by atoms with van der Waals surface area (Å²) in [4.78, 5) is 12.3. The van der Waals surface area contributed by atoms with Crippen molar-refractivity contribution in [2.24, 2.45) is 0 Å². The maximum Gasteiger partial charge on any atom is 0.265 e. The van der Waals surface area contributed by atoms with Gasteiger partial charge in [0, 0.05) is 16.4 Å². The molecule has 0 spiro atoms. The molecule has 3 rings (SSSR count). The summed E-state index contributed by atoms with van der Waals surface area (Å²) in [5.74, 6) is 0.454. The second kappa shape index (κ2) is 10.4. The van der Waals surface area contributed by atoms with E-state index in [9.17, 15) is 13.2 Å². The lowest BCUT2D eigenvalue weighted by Gasteiger charge is -2.14. The zero-order valence-electron chi connectivity index (χ0n) is 17.6. The summed E-state index contributed by atoms with van der Waals surface area (Å²) >= 11 is 6.11. The molecular formula is C23H23ClN2O5S. The van der Waals surface area contributed by atoms with Crippen molar-refractivity contribution in [1.82, 2.24) is 0 Å². The summed E-state index contributed by atoms with van der Waals surface area (Å²) in [5.41, 5.74) is 1.35. The molecule has 7 nitrogen and oxygen atoms in total. The fourth-order valence-corrected chi connectivity index (χ4v) is 4.44. The van der Waals surface area contributed by atoms with E-state index in [1.807, 2.05) is 6.92 Å².